The topological polar surface area (TPSA) is 77.5 Å². The zero-order valence-electron chi connectivity index (χ0n) is 14.9. The third-order valence-electron chi connectivity index (χ3n) is 3.31. The summed E-state index contributed by atoms with van der Waals surface area (Å²) < 4.78 is 10.8. The minimum absolute atomic E-state index is 0.328. The van der Waals surface area contributed by atoms with Crippen molar-refractivity contribution < 1.29 is 19.1 Å². The summed E-state index contributed by atoms with van der Waals surface area (Å²) in [5.41, 5.74) is 0.339. The first kappa shape index (κ1) is 19.7. The standard InChI is InChI=1S/C19H21ClN2O4/c1-12(2)11-25-16-7-4-14(5-8-16)19(24)26-13(3)18(23)22-17-9-6-15(20)10-21-17/h4-10,12-13H,11H2,1-3H3,(H,21,22,23). The number of nitrogens with zero attached hydrogens (tertiary/aromatic N) is 1. The Hall–Kier alpha value is -2.60. The molecule has 1 amide bonds. The van der Waals surface area contributed by atoms with Crippen molar-refractivity contribution in [1.29, 1.82) is 0 Å². The molecular formula is C19H21ClN2O4. The predicted octanol–water partition coefficient (Wildman–Crippen LogP) is 3.95. The number of halogens is 1. The van der Waals surface area contributed by atoms with Crippen molar-refractivity contribution in [3.8, 4) is 5.75 Å². The number of benzene rings is 1. The number of pyridine rings is 1. The van der Waals surface area contributed by atoms with Gasteiger partial charge in [0.15, 0.2) is 6.10 Å². The van der Waals surface area contributed by atoms with E-state index < -0.39 is 18.0 Å². The number of hydrogen-bond acceptors (Lipinski definition) is 5. The molecule has 2 aromatic rings. The quantitative estimate of drug-likeness (QED) is 0.740. The van der Waals surface area contributed by atoms with Gasteiger partial charge in [0.2, 0.25) is 0 Å². The van der Waals surface area contributed by atoms with Gasteiger partial charge in [-0.3, -0.25) is 4.79 Å². The SMILES string of the molecule is CC(C)COc1ccc(C(=O)OC(C)C(=O)Nc2ccc(Cl)cn2)cc1. The Labute approximate surface area is 157 Å². The molecule has 7 heteroatoms. The van der Waals surface area contributed by atoms with Crippen LogP contribution in [0.5, 0.6) is 5.75 Å². The lowest BCUT2D eigenvalue weighted by molar-refractivity contribution is -0.123. The van der Waals surface area contributed by atoms with Crippen LogP contribution in [0.15, 0.2) is 42.6 Å². The Bertz CT molecular complexity index is 745. The lowest BCUT2D eigenvalue weighted by Crippen LogP contribution is -2.30. The average molecular weight is 377 g/mol. The lowest BCUT2D eigenvalue weighted by atomic mass is 10.2. The molecule has 0 aliphatic rings. The largest absolute Gasteiger partial charge is 0.493 e. The fraction of sp³-hybridized carbons (Fsp3) is 0.316. The number of ether oxygens (including phenoxy) is 2. The molecule has 0 spiro atoms. The van der Waals surface area contributed by atoms with E-state index in [4.69, 9.17) is 21.1 Å². The second kappa shape index (κ2) is 9.20. The van der Waals surface area contributed by atoms with Crippen molar-refractivity contribution in [2.75, 3.05) is 11.9 Å². The number of anilines is 1. The van der Waals surface area contributed by atoms with E-state index in [1.54, 1.807) is 36.4 Å². The molecule has 2 rings (SSSR count). The molecule has 1 N–H and O–H groups in total. The first-order chi connectivity index (χ1) is 12.3. The van der Waals surface area contributed by atoms with Crippen LogP contribution >= 0.6 is 11.6 Å². The Morgan fingerprint density at radius 2 is 1.81 bits per heavy atom. The summed E-state index contributed by atoms with van der Waals surface area (Å²) in [6, 6.07) is 9.75. The molecule has 0 bridgehead atoms. The van der Waals surface area contributed by atoms with Gasteiger partial charge in [0.05, 0.1) is 17.2 Å². The fourth-order valence-electron chi connectivity index (χ4n) is 1.91. The molecule has 0 radical (unpaired) electrons. The monoisotopic (exact) mass is 376 g/mol. The molecule has 0 fully saturated rings. The third kappa shape index (κ3) is 6.04. The van der Waals surface area contributed by atoms with E-state index in [9.17, 15) is 9.59 Å². The van der Waals surface area contributed by atoms with Crippen LogP contribution in [-0.2, 0) is 9.53 Å². The van der Waals surface area contributed by atoms with Gasteiger partial charge in [-0.05, 0) is 49.2 Å². The number of carbonyl (C=O) groups excluding carboxylic acids is 2. The molecule has 26 heavy (non-hydrogen) atoms. The molecule has 1 unspecified atom stereocenters. The molecule has 1 aromatic heterocycles. The van der Waals surface area contributed by atoms with Gasteiger partial charge >= 0.3 is 5.97 Å². The maximum Gasteiger partial charge on any atom is 0.338 e. The van der Waals surface area contributed by atoms with Gasteiger partial charge in [-0.2, -0.15) is 0 Å². The summed E-state index contributed by atoms with van der Waals surface area (Å²) in [6.45, 7) is 6.19. The predicted molar refractivity (Wildman–Crippen MR) is 99.5 cm³/mol. The van der Waals surface area contributed by atoms with Crippen molar-refractivity contribution in [3.05, 3.63) is 53.2 Å². The van der Waals surface area contributed by atoms with Crippen molar-refractivity contribution in [3.63, 3.8) is 0 Å². The fourth-order valence-corrected chi connectivity index (χ4v) is 2.02. The first-order valence-corrected chi connectivity index (χ1v) is 8.59. The Morgan fingerprint density at radius 1 is 1.12 bits per heavy atom. The van der Waals surface area contributed by atoms with Crippen molar-refractivity contribution >= 4 is 29.3 Å². The molecule has 0 aliphatic heterocycles. The number of aromatic nitrogens is 1. The number of nitrogens with one attached hydrogen (secondary N) is 1. The highest BCUT2D eigenvalue weighted by molar-refractivity contribution is 6.30. The van der Waals surface area contributed by atoms with Gasteiger partial charge in [0, 0.05) is 6.20 Å². The molecular weight excluding hydrogens is 356 g/mol. The van der Waals surface area contributed by atoms with E-state index in [0.29, 0.717) is 34.7 Å². The molecule has 1 heterocycles. The lowest BCUT2D eigenvalue weighted by Gasteiger charge is -2.13. The zero-order chi connectivity index (χ0) is 19.1. The van der Waals surface area contributed by atoms with Crippen LogP contribution < -0.4 is 10.1 Å². The summed E-state index contributed by atoms with van der Waals surface area (Å²) in [6.07, 6.45) is 0.438. The Balaban J connectivity index is 1.89. The van der Waals surface area contributed by atoms with Crippen LogP contribution in [0.25, 0.3) is 0 Å². The van der Waals surface area contributed by atoms with E-state index in [2.05, 4.69) is 24.1 Å². The number of rotatable bonds is 7. The van der Waals surface area contributed by atoms with Crippen LogP contribution in [0, 0.1) is 5.92 Å². The van der Waals surface area contributed by atoms with Crippen LogP contribution in [0.1, 0.15) is 31.1 Å². The van der Waals surface area contributed by atoms with E-state index >= 15 is 0 Å². The second-order valence-corrected chi connectivity index (χ2v) is 6.56. The van der Waals surface area contributed by atoms with Gasteiger partial charge in [-0.25, -0.2) is 9.78 Å². The highest BCUT2D eigenvalue weighted by Crippen LogP contribution is 2.15. The average Bonchev–Trinajstić information content (AvgIpc) is 2.62. The maximum atomic E-state index is 12.2. The van der Waals surface area contributed by atoms with Crippen molar-refractivity contribution in [1.82, 2.24) is 4.98 Å². The van der Waals surface area contributed by atoms with Gasteiger partial charge in [0.1, 0.15) is 11.6 Å². The van der Waals surface area contributed by atoms with Gasteiger partial charge in [0.25, 0.3) is 5.91 Å². The summed E-state index contributed by atoms with van der Waals surface area (Å²) in [5, 5.41) is 3.02. The highest BCUT2D eigenvalue weighted by Gasteiger charge is 2.19. The smallest absolute Gasteiger partial charge is 0.338 e. The highest BCUT2D eigenvalue weighted by atomic mass is 35.5. The molecule has 0 saturated carbocycles. The van der Waals surface area contributed by atoms with Gasteiger partial charge in [-0.15, -0.1) is 0 Å². The van der Waals surface area contributed by atoms with E-state index in [1.807, 2.05) is 0 Å². The number of carbonyl (C=O) groups is 2. The van der Waals surface area contributed by atoms with E-state index in [0.717, 1.165) is 0 Å². The molecule has 138 valence electrons. The third-order valence-corrected chi connectivity index (χ3v) is 3.53. The van der Waals surface area contributed by atoms with Gasteiger partial charge in [-0.1, -0.05) is 25.4 Å². The second-order valence-electron chi connectivity index (χ2n) is 6.13. The summed E-state index contributed by atoms with van der Waals surface area (Å²) >= 11 is 5.74. The zero-order valence-corrected chi connectivity index (χ0v) is 15.6. The van der Waals surface area contributed by atoms with E-state index in [1.165, 1.54) is 13.1 Å². The molecule has 0 saturated heterocycles. The Kier molecular flexibility index (Phi) is 6.97. The number of hydrogen-bond donors (Lipinski definition) is 1. The Morgan fingerprint density at radius 3 is 2.38 bits per heavy atom. The van der Waals surface area contributed by atoms with Crippen LogP contribution in [0.3, 0.4) is 0 Å². The molecule has 1 atom stereocenters. The molecule has 1 aromatic carbocycles. The summed E-state index contributed by atoms with van der Waals surface area (Å²) in [5.74, 6) is 0.343. The maximum absolute atomic E-state index is 12.2. The van der Waals surface area contributed by atoms with E-state index in [-0.39, 0.29) is 0 Å². The van der Waals surface area contributed by atoms with Crippen LogP contribution in [0.4, 0.5) is 5.82 Å². The number of esters is 1. The van der Waals surface area contributed by atoms with Crippen molar-refractivity contribution in [2.45, 2.75) is 26.9 Å². The van der Waals surface area contributed by atoms with Crippen LogP contribution in [0.2, 0.25) is 5.02 Å². The van der Waals surface area contributed by atoms with Gasteiger partial charge < -0.3 is 14.8 Å². The number of amides is 1. The minimum atomic E-state index is -0.975. The minimum Gasteiger partial charge on any atom is -0.493 e. The summed E-state index contributed by atoms with van der Waals surface area (Å²) in [7, 11) is 0. The molecule has 6 nitrogen and oxygen atoms in total. The normalized spacial score (nSPS) is 11.7. The van der Waals surface area contributed by atoms with Crippen molar-refractivity contribution in [2.24, 2.45) is 5.92 Å². The van der Waals surface area contributed by atoms with Crippen LogP contribution in [-0.4, -0.2) is 29.6 Å². The summed E-state index contributed by atoms with van der Waals surface area (Å²) in [4.78, 5) is 28.2. The first-order valence-electron chi connectivity index (χ1n) is 8.21. The molecule has 0 aliphatic carbocycles.